The van der Waals surface area contributed by atoms with Gasteiger partial charge >= 0.3 is 0 Å². The first-order valence-corrected chi connectivity index (χ1v) is 6.90. The number of rotatable bonds is 5. The molecule has 2 aromatic carbocycles. The molecule has 6 heteroatoms. The molecule has 0 radical (unpaired) electrons. The molecular formula is C16H15ClFNO3. The van der Waals surface area contributed by atoms with E-state index >= 15 is 0 Å². The molecule has 22 heavy (non-hydrogen) atoms. The smallest absolute Gasteiger partial charge is 0.262 e. The average Bonchev–Trinajstić information content (AvgIpc) is 2.50. The molecule has 1 N–H and O–H groups in total. The number of anilines is 1. The number of benzene rings is 2. The second-order valence-electron chi connectivity index (χ2n) is 4.57. The van der Waals surface area contributed by atoms with Crippen molar-refractivity contribution in [3.8, 4) is 11.5 Å². The van der Waals surface area contributed by atoms with E-state index < -0.39 is 11.7 Å². The molecule has 0 bridgehead atoms. The number of hydrogen-bond donors (Lipinski definition) is 1. The predicted molar refractivity (Wildman–Crippen MR) is 83.3 cm³/mol. The van der Waals surface area contributed by atoms with Crippen LogP contribution in [0.5, 0.6) is 11.5 Å². The number of methoxy groups -OCH3 is 1. The van der Waals surface area contributed by atoms with Gasteiger partial charge in [-0.2, -0.15) is 0 Å². The van der Waals surface area contributed by atoms with E-state index in [4.69, 9.17) is 21.1 Å². The highest BCUT2D eigenvalue weighted by Crippen LogP contribution is 2.30. The van der Waals surface area contributed by atoms with Crippen LogP contribution in [-0.4, -0.2) is 19.6 Å². The lowest BCUT2D eigenvalue weighted by Gasteiger charge is -2.13. The van der Waals surface area contributed by atoms with Crippen LogP contribution in [0.15, 0.2) is 36.4 Å². The molecule has 2 aromatic rings. The molecule has 0 aliphatic rings. The van der Waals surface area contributed by atoms with E-state index in [-0.39, 0.29) is 12.4 Å². The zero-order valence-electron chi connectivity index (χ0n) is 12.2. The Kier molecular flexibility index (Phi) is 5.22. The van der Waals surface area contributed by atoms with Crippen molar-refractivity contribution in [2.45, 2.75) is 6.92 Å². The Bertz CT molecular complexity index is 691. The van der Waals surface area contributed by atoms with E-state index in [9.17, 15) is 9.18 Å². The first kappa shape index (κ1) is 16.1. The van der Waals surface area contributed by atoms with Gasteiger partial charge in [0.2, 0.25) is 0 Å². The fraction of sp³-hybridized carbons (Fsp3) is 0.188. The van der Waals surface area contributed by atoms with Gasteiger partial charge in [-0.25, -0.2) is 4.39 Å². The number of aryl methyl sites for hydroxylation is 1. The summed E-state index contributed by atoms with van der Waals surface area (Å²) in [5, 5.41) is 3.19. The van der Waals surface area contributed by atoms with Gasteiger partial charge in [0.15, 0.2) is 18.2 Å². The Labute approximate surface area is 132 Å². The topological polar surface area (TPSA) is 47.6 Å². The van der Waals surface area contributed by atoms with Crippen LogP contribution in [0.25, 0.3) is 0 Å². The van der Waals surface area contributed by atoms with Gasteiger partial charge in [-0.1, -0.05) is 23.7 Å². The van der Waals surface area contributed by atoms with E-state index in [1.807, 2.05) is 6.92 Å². The number of halogens is 2. The molecule has 2 rings (SSSR count). The minimum Gasteiger partial charge on any atom is -0.495 e. The highest BCUT2D eigenvalue weighted by molar-refractivity contribution is 6.31. The van der Waals surface area contributed by atoms with Gasteiger partial charge in [0, 0.05) is 11.1 Å². The zero-order chi connectivity index (χ0) is 16.1. The summed E-state index contributed by atoms with van der Waals surface area (Å²) < 4.78 is 23.7. The molecule has 0 fully saturated rings. The Morgan fingerprint density at radius 2 is 2.00 bits per heavy atom. The lowest BCUT2D eigenvalue weighted by Crippen LogP contribution is -2.21. The SMILES string of the molecule is COc1cc(Cl)c(C)cc1NC(=O)COc1ccccc1F. The lowest BCUT2D eigenvalue weighted by atomic mass is 10.2. The summed E-state index contributed by atoms with van der Waals surface area (Å²) in [6, 6.07) is 9.20. The second kappa shape index (κ2) is 7.13. The Hall–Kier alpha value is -2.27. The highest BCUT2D eigenvalue weighted by Gasteiger charge is 2.11. The molecule has 0 aliphatic carbocycles. The molecule has 0 unspecified atom stereocenters. The van der Waals surface area contributed by atoms with Crippen LogP contribution < -0.4 is 14.8 Å². The number of carbonyl (C=O) groups is 1. The van der Waals surface area contributed by atoms with E-state index in [1.165, 1.54) is 19.2 Å². The number of ether oxygens (including phenoxy) is 2. The van der Waals surface area contributed by atoms with E-state index in [1.54, 1.807) is 24.3 Å². The summed E-state index contributed by atoms with van der Waals surface area (Å²) in [5.74, 6) is -0.481. The standard InChI is InChI=1S/C16H15ClFNO3/c1-10-7-13(15(21-2)8-11(10)17)19-16(20)9-22-14-6-4-3-5-12(14)18/h3-8H,9H2,1-2H3,(H,19,20). The van der Waals surface area contributed by atoms with Crippen molar-refractivity contribution < 1.29 is 18.7 Å². The molecule has 0 aromatic heterocycles. The van der Waals surface area contributed by atoms with Crippen molar-refractivity contribution in [2.75, 3.05) is 19.0 Å². The van der Waals surface area contributed by atoms with Crippen molar-refractivity contribution in [1.29, 1.82) is 0 Å². The third-order valence-electron chi connectivity index (χ3n) is 2.95. The largest absolute Gasteiger partial charge is 0.495 e. The quantitative estimate of drug-likeness (QED) is 0.910. The molecule has 0 aliphatic heterocycles. The first-order valence-electron chi connectivity index (χ1n) is 6.52. The van der Waals surface area contributed by atoms with E-state index in [0.29, 0.717) is 16.5 Å². The van der Waals surface area contributed by atoms with Crippen molar-refractivity contribution in [3.05, 3.63) is 52.8 Å². The fourth-order valence-corrected chi connectivity index (χ4v) is 1.97. The van der Waals surface area contributed by atoms with E-state index in [0.717, 1.165) is 5.56 Å². The number of nitrogens with one attached hydrogen (secondary N) is 1. The maximum Gasteiger partial charge on any atom is 0.262 e. The first-order chi connectivity index (χ1) is 10.5. The number of hydrogen-bond acceptors (Lipinski definition) is 3. The van der Waals surface area contributed by atoms with Crippen LogP contribution in [0, 0.1) is 12.7 Å². The molecule has 116 valence electrons. The van der Waals surface area contributed by atoms with Crippen molar-refractivity contribution in [3.63, 3.8) is 0 Å². The van der Waals surface area contributed by atoms with Crippen molar-refractivity contribution in [1.82, 2.24) is 0 Å². The molecule has 0 saturated carbocycles. The van der Waals surface area contributed by atoms with Gasteiger partial charge in [0.25, 0.3) is 5.91 Å². The van der Waals surface area contributed by atoms with E-state index in [2.05, 4.69) is 5.32 Å². The molecule has 4 nitrogen and oxygen atoms in total. The summed E-state index contributed by atoms with van der Waals surface area (Å²) >= 11 is 6.00. The minimum absolute atomic E-state index is 0.0249. The van der Waals surface area contributed by atoms with Gasteiger partial charge in [-0.3, -0.25) is 4.79 Å². The van der Waals surface area contributed by atoms with Crippen molar-refractivity contribution >= 4 is 23.2 Å². The number of carbonyl (C=O) groups excluding carboxylic acids is 1. The number of para-hydroxylation sites is 1. The Morgan fingerprint density at radius 3 is 2.68 bits per heavy atom. The highest BCUT2D eigenvalue weighted by atomic mass is 35.5. The Balaban J connectivity index is 2.03. The summed E-state index contributed by atoms with van der Waals surface area (Å²) in [6.07, 6.45) is 0. The summed E-state index contributed by atoms with van der Waals surface area (Å²) in [4.78, 5) is 11.9. The number of amides is 1. The van der Waals surface area contributed by atoms with Gasteiger partial charge in [-0.15, -0.1) is 0 Å². The van der Waals surface area contributed by atoms with Crippen LogP contribution >= 0.6 is 11.6 Å². The summed E-state index contributed by atoms with van der Waals surface area (Å²) in [7, 11) is 1.48. The normalized spacial score (nSPS) is 10.2. The predicted octanol–water partition coefficient (Wildman–Crippen LogP) is 3.81. The average molecular weight is 324 g/mol. The maximum absolute atomic E-state index is 13.4. The zero-order valence-corrected chi connectivity index (χ0v) is 12.9. The fourth-order valence-electron chi connectivity index (χ4n) is 1.82. The minimum atomic E-state index is -0.518. The second-order valence-corrected chi connectivity index (χ2v) is 4.98. The van der Waals surface area contributed by atoms with Gasteiger partial charge in [0.05, 0.1) is 12.8 Å². The van der Waals surface area contributed by atoms with Gasteiger partial charge in [-0.05, 0) is 30.7 Å². The Morgan fingerprint density at radius 1 is 1.27 bits per heavy atom. The molecule has 0 spiro atoms. The maximum atomic E-state index is 13.4. The molecule has 0 atom stereocenters. The molecule has 0 heterocycles. The third kappa shape index (κ3) is 3.89. The van der Waals surface area contributed by atoms with Crippen LogP contribution in [-0.2, 0) is 4.79 Å². The van der Waals surface area contributed by atoms with Crippen LogP contribution in [0.2, 0.25) is 5.02 Å². The lowest BCUT2D eigenvalue weighted by molar-refractivity contribution is -0.118. The monoisotopic (exact) mass is 323 g/mol. The third-order valence-corrected chi connectivity index (χ3v) is 3.36. The van der Waals surface area contributed by atoms with Crippen molar-refractivity contribution in [2.24, 2.45) is 0 Å². The van der Waals surface area contributed by atoms with Gasteiger partial charge in [0.1, 0.15) is 5.75 Å². The van der Waals surface area contributed by atoms with Gasteiger partial charge < -0.3 is 14.8 Å². The van der Waals surface area contributed by atoms with Crippen LogP contribution in [0.4, 0.5) is 10.1 Å². The molecule has 1 amide bonds. The summed E-state index contributed by atoms with van der Waals surface area (Å²) in [6.45, 7) is 1.50. The molecular weight excluding hydrogens is 309 g/mol. The summed E-state index contributed by atoms with van der Waals surface area (Å²) in [5.41, 5.74) is 1.28. The molecule has 0 saturated heterocycles. The van der Waals surface area contributed by atoms with Crippen LogP contribution in [0.3, 0.4) is 0 Å². The van der Waals surface area contributed by atoms with Crippen LogP contribution in [0.1, 0.15) is 5.56 Å².